The van der Waals surface area contributed by atoms with Gasteiger partial charge in [-0.15, -0.1) is 18.3 Å². The fourth-order valence-corrected chi connectivity index (χ4v) is 9.12. The number of alkyl halides is 1. The summed E-state index contributed by atoms with van der Waals surface area (Å²) in [5.74, 6) is -1.72. The van der Waals surface area contributed by atoms with E-state index in [4.69, 9.17) is 4.74 Å². The normalized spacial score (nSPS) is 33.4. The van der Waals surface area contributed by atoms with Crippen molar-refractivity contribution < 1.29 is 24.2 Å². The van der Waals surface area contributed by atoms with Crippen LogP contribution in [0.4, 0.5) is 0 Å². The molecular formula is C23H35BrN2O5S. The van der Waals surface area contributed by atoms with Gasteiger partial charge in [0.1, 0.15) is 6.04 Å². The first-order chi connectivity index (χ1) is 15.0. The van der Waals surface area contributed by atoms with Crippen molar-refractivity contribution in [3.8, 4) is 0 Å². The summed E-state index contributed by atoms with van der Waals surface area (Å²) >= 11 is 5.36. The van der Waals surface area contributed by atoms with Crippen LogP contribution < -0.4 is 0 Å². The van der Waals surface area contributed by atoms with E-state index < -0.39 is 28.2 Å². The number of esters is 1. The number of amides is 2. The number of likely N-dealkylation sites (tertiary alicyclic amines) is 1. The molecule has 1 N–H and O–H groups in total. The number of nitrogens with zero attached hydrogens (tertiary/aromatic N) is 2. The number of fused-ring (bicyclic) bond motifs is 1. The average molecular weight is 532 g/mol. The van der Waals surface area contributed by atoms with Crippen molar-refractivity contribution in [1.82, 2.24) is 9.80 Å². The zero-order valence-corrected chi connectivity index (χ0v) is 21.8. The number of thioether (sulfide) groups is 1. The third-order valence-electron chi connectivity index (χ3n) is 6.78. The maximum absolute atomic E-state index is 14.1. The molecule has 9 heteroatoms. The molecule has 32 heavy (non-hydrogen) atoms. The topological polar surface area (TPSA) is 87.2 Å². The lowest BCUT2D eigenvalue weighted by molar-refractivity contribution is -0.153. The second-order valence-electron chi connectivity index (χ2n) is 9.79. The first kappa shape index (κ1) is 25.6. The van der Waals surface area contributed by atoms with E-state index in [0.717, 1.165) is 0 Å². The third-order valence-corrected chi connectivity index (χ3v) is 10.00. The van der Waals surface area contributed by atoms with Gasteiger partial charge in [0.05, 0.1) is 23.2 Å². The van der Waals surface area contributed by atoms with Crippen molar-refractivity contribution in [2.24, 2.45) is 11.8 Å². The molecule has 2 amide bonds. The molecule has 1 spiro atoms. The highest BCUT2D eigenvalue weighted by atomic mass is 79.9. The van der Waals surface area contributed by atoms with Gasteiger partial charge < -0.3 is 19.6 Å². The smallest absolute Gasteiger partial charge is 0.310 e. The number of hydrogen-bond donors (Lipinski definition) is 1. The molecule has 6 atom stereocenters. The summed E-state index contributed by atoms with van der Waals surface area (Å²) in [4.78, 5) is 44.3. The van der Waals surface area contributed by atoms with Gasteiger partial charge in [-0.3, -0.25) is 14.4 Å². The molecule has 3 heterocycles. The second kappa shape index (κ2) is 9.66. The minimum atomic E-state index is -0.672. The Labute approximate surface area is 203 Å². The number of rotatable bonds is 9. The Kier molecular flexibility index (Phi) is 7.72. The fraction of sp³-hybridized carbons (Fsp3) is 0.783. The van der Waals surface area contributed by atoms with Gasteiger partial charge in [0, 0.05) is 35.3 Å². The summed E-state index contributed by atoms with van der Waals surface area (Å²) in [5, 5.41) is 9.16. The molecule has 7 nitrogen and oxygen atoms in total. The molecule has 3 rings (SSSR count). The molecule has 2 bridgehead atoms. The first-order valence-corrected chi connectivity index (χ1v) is 13.2. The van der Waals surface area contributed by atoms with E-state index in [1.807, 2.05) is 20.8 Å². The van der Waals surface area contributed by atoms with Gasteiger partial charge in [-0.05, 0) is 47.0 Å². The Hall–Kier alpha value is -1.06. The fourth-order valence-electron chi connectivity index (χ4n) is 5.52. The van der Waals surface area contributed by atoms with Crippen molar-refractivity contribution in [3.63, 3.8) is 0 Å². The van der Waals surface area contributed by atoms with Crippen LogP contribution in [0.5, 0.6) is 0 Å². The molecule has 3 fully saturated rings. The molecule has 3 aliphatic heterocycles. The van der Waals surface area contributed by atoms with E-state index in [9.17, 15) is 19.5 Å². The summed E-state index contributed by atoms with van der Waals surface area (Å²) in [6, 6.07) is -0.660. The van der Waals surface area contributed by atoms with Crippen molar-refractivity contribution in [1.29, 1.82) is 0 Å². The molecule has 180 valence electrons. The third kappa shape index (κ3) is 4.13. The maximum Gasteiger partial charge on any atom is 0.310 e. The van der Waals surface area contributed by atoms with Gasteiger partial charge in [-0.25, -0.2) is 0 Å². The molecule has 0 aliphatic carbocycles. The SMILES string of the molecule is C=CCN(C(=O)C1N(CCCCO)C(=O)[C@@H]2[C@@H](C(=O)OCC)[C@@H]3SC12CC3Br)C(C)(C)C. The number of carbonyl (C=O) groups is 3. The van der Waals surface area contributed by atoms with E-state index in [0.29, 0.717) is 32.4 Å². The van der Waals surface area contributed by atoms with Crippen LogP contribution in [0, 0.1) is 11.8 Å². The number of unbranched alkanes of at least 4 members (excludes halogenated alkanes) is 1. The van der Waals surface area contributed by atoms with Crippen LogP contribution in [0.1, 0.15) is 47.0 Å². The molecule has 3 saturated heterocycles. The molecule has 0 saturated carbocycles. The van der Waals surface area contributed by atoms with Crippen LogP contribution >= 0.6 is 27.7 Å². The monoisotopic (exact) mass is 530 g/mol. The number of ether oxygens (including phenoxy) is 1. The number of hydrogen-bond acceptors (Lipinski definition) is 6. The van der Waals surface area contributed by atoms with Crippen LogP contribution in [0.3, 0.4) is 0 Å². The highest BCUT2D eigenvalue weighted by Crippen LogP contribution is 2.68. The van der Waals surface area contributed by atoms with Crippen LogP contribution in [0.2, 0.25) is 0 Å². The molecule has 0 radical (unpaired) electrons. The average Bonchev–Trinajstić information content (AvgIpc) is 3.29. The zero-order valence-electron chi connectivity index (χ0n) is 19.4. The Morgan fingerprint density at radius 3 is 2.66 bits per heavy atom. The molecule has 0 aromatic rings. The summed E-state index contributed by atoms with van der Waals surface area (Å²) in [6.45, 7) is 12.6. The zero-order chi connectivity index (χ0) is 23.8. The predicted molar refractivity (Wildman–Crippen MR) is 129 cm³/mol. The molecule has 0 aromatic carbocycles. The van der Waals surface area contributed by atoms with E-state index in [1.54, 1.807) is 34.6 Å². The van der Waals surface area contributed by atoms with Crippen LogP contribution in [-0.4, -0.2) is 85.4 Å². The highest BCUT2D eigenvalue weighted by molar-refractivity contribution is 9.09. The minimum Gasteiger partial charge on any atom is -0.466 e. The minimum absolute atomic E-state index is 0.0288. The largest absolute Gasteiger partial charge is 0.466 e. The Morgan fingerprint density at radius 1 is 1.41 bits per heavy atom. The lowest BCUT2D eigenvalue weighted by Gasteiger charge is -2.42. The standard InChI is InChI=1S/C23H35BrN2O5S/c1-6-10-26(22(3,4)5)20(29)18-23-13-14(24)17(32-23)15(21(30)31-7-2)16(23)19(28)25(18)11-8-9-12-27/h6,14-18,27H,1,7-13H2,2-5H3/t14?,15-,16+,17-,18?,23?/m1/s1. The van der Waals surface area contributed by atoms with Crippen molar-refractivity contribution in [2.45, 2.75) is 73.4 Å². The van der Waals surface area contributed by atoms with Gasteiger partial charge in [0.2, 0.25) is 11.8 Å². The summed E-state index contributed by atoms with van der Waals surface area (Å²) in [7, 11) is 0. The van der Waals surface area contributed by atoms with Gasteiger partial charge >= 0.3 is 5.97 Å². The van der Waals surface area contributed by atoms with E-state index >= 15 is 0 Å². The summed E-state index contributed by atoms with van der Waals surface area (Å²) in [6.07, 6.45) is 3.50. The lowest BCUT2D eigenvalue weighted by atomic mass is 9.71. The van der Waals surface area contributed by atoms with E-state index in [1.165, 1.54) is 0 Å². The Morgan fingerprint density at radius 2 is 2.09 bits per heavy atom. The highest BCUT2D eigenvalue weighted by Gasteiger charge is 2.76. The van der Waals surface area contributed by atoms with E-state index in [2.05, 4.69) is 22.5 Å². The number of aliphatic hydroxyl groups excluding tert-OH is 1. The Bertz CT molecular complexity index is 772. The Balaban J connectivity index is 2.06. The first-order valence-electron chi connectivity index (χ1n) is 11.4. The molecule has 3 unspecified atom stereocenters. The molecular weight excluding hydrogens is 496 g/mol. The van der Waals surface area contributed by atoms with Crippen LogP contribution in [0.25, 0.3) is 0 Å². The lowest BCUT2D eigenvalue weighted by Crippen LogP contribution is -2.59. The van der Waals surface area contributed by atoms with E-state index in [-0.39, 0.29) is 41.1 Å². The van der Waals surface area contributed by atoms with Gasteiger partial charge in [-0.2, -0.15) is 0 Å². The second-order valence-corrected chi connectivity index (χ2v) is 12.5. The van der Waals surface area contributed by atoms with Crippen molar-refractivity contribution in [2.75, 3.05) is 26.3 Å². The van der Waals surface area contributed by atoms with Gasteiger partial charge in [0.25, 0.3) is 0 Å². The van der Waals surface area contributed by atoms with Crippen LogP contribution in [0.15, 0.2) is 12.7 Å². The maximum atomic E-state index is 14.1. The number of aliphatic hydroxyl groups is 1. The summed E-state index contributed by atoms with van der Waals surface area (Å²) in [5.41, 5.74) is -0.449. The molecule has 0 aromatic heterocycles. The van der Waals surface area contributed by atoms with Gasteiger partial charge in [0.15, 0.2) is 0 Å². The predicted octanol–water partition coefficient (Wildman–Crippen LogP) is 2.60. The summed E-state index contributed by atoms with van der Waals surface area (Å²) < 4.78 is 4.69. The van der Waals surface area contributed by atoms with Crippen LogP contribution in [-0.2, 0) is 19.1 Å². The van der Waals surface area contributed by atoms with Gasteiger partial charge in [-0.1, -0.05) is 22.0 Å². The van der Waals surface area contributed by atoms with Crippen molar-refractivity contribution in [3.05, 3.63) is 12.7 Å². The van der Waals surface area contributed by atoms with Crippen molar-refractivity contribution >= 4 is 45.5 Å². The number of carbonyl (C=O) groups excluding carboxylic acids is 3. The quantitative estimate of drug-likeness (QED) is 0.213. The number of halogens is 1. The molecule has 3 aliphatic rings.